The molecule has 1 aliphatic heterocycles. The third-order valence-corrected chi connectivity index (χ3v) is 6.18. The van der Waals surface area contributed by atoms with Gasteiger partial charge < -0.3 is 10.6 Å². The minimum absolute atomic E-state index is 0.0198. The molecule has 0 aliphatic carbocycles. The number of benzene rings is 1. The fraction of sp³-hybridized carbons (Fsp3) is 0.542. The molecular weight excluding hydrogens is 406 g/mol. The lowest BCUT2D eigenvalue weighted by Crippen LogP contribution is -2.48. The van der Waals surface area contributed by atoms with E-state index in [1.54, 1.807) is 0 Å². The van der Waals surface area contributed by atoms with Crippen LogP contribution in [0.2, 0.25) is 0 Å². The highest BCUT2D eigenvalue weighted by molar-refractivity contribution is 5.96. The van der Waals surface area contributed by atoms with Gasteiger partial charge in [-0.25, -0.2) is 4.79 Å². The summed E-state index contributed by atoms with van der Waals surface area (Å²) in [6.45, 7) is 7.95. The molecule has 1 aromatic heterocycles. The normalized spacial score (nSPS) is 16.9. The van der Waals surface area contributed by atoms with Gasteiger partial charge in [0.25, 0.3) is 5.56 Å². The maximum Gasteiger partial charge on any atom is 0.330 e. The second kappa shape index (κ2) is 10.6. The molecule has 1 saturated heterocycles. The molecule has 0 saturated carbocycles. The molecule has 2 aromatic rings. The van der Waals surface area contributed by atoms with Crippen molar-refractivity contribution in [2.75, 3.05) is 30.3 Å². The number of H-pyrrole nitrogens is 1. The topological polar surface area (TPSA) is 104 Å². The number of nitrogens with one attached hydrogen (secondary N) is 1. The predicted octanol–water partition coefficient (Wildman–Crippen LogP) is 2.42. The number of hydrogen-bond acceptors (Lipinski definition) is 5. The van der Waals surface area contributed by atoms with Crippen molar-refractivity contribution in [2.45, 2.75) is 59.0 Å². The number of nitrogens with zero attached hydrogens (tertiary/aromatic N) is 3. The first kappa shape index (κ1) is 23.8. The van der Waals surface area contributed by atoms with Crippen molar-refractivity contribution in [2.24, 2.45) is 5.92 Å². The molecular formula is C24H35N5O3. The van der Waals surface area contributed by atoms with E-state index in [0.29, 0.717) is 18.5 Å². The van der Waals surface area contributed by atoms with Crippen LogP contribution in [0.3, 0.4) is 0 Å². The second-order valence-electron chi connectivity index (χ2n) is 9.11. The number of nitrogen functional groups attached to an aromatic ring is 1. The fourth-order valence-corrected chi connectivity index (χ4v) is 4.16. The molecule has 32 heavy (non-hydrogen) atoms. The summed E-state index contributed by atoms with van der Waals surface area (Å²) in [5.74, 6) is 0.197. The zero-order valence-corrected chi connectivity index (χ0v) is 19.3. The summed E-state index contributed by atoms with van der Waals surface area (Å²) in [7, 11) is 0. The van der Waals surface area contributed by atoms with Crippen LogP contribution in [0.15, 0.2) is 39.9 Å². The Morgan fingerprint density at radius 2 is 1.94 bits per heavy atom. The van der Waals surface area contributed by atoms with Gasteiger partial charge in [-0.05, 0) is 44.2 Å². The summed E-state index contributed by atoms with van der Waals surface area (Å²) in [6.07, 6.45) is 4.01. The van der Waals surface area contributed by atoms with Crippen LogP contribution in [-0.4, -0.2) is 46.0 Å². The van der Waals surface area contributed by atoms with E-state index in [9.17, 15) is 14.4 Å². The predicted molar refractivity (Wildman–Crippen MR) is 128 cm³/mol. The first-order valence-corrected chi connectivity index (χ1v) is 11.5. The van der Waals surface area contributed by atoms with Gasteiger partial charge >= 0.3 is 5.69 Å². The number of hydrogen-bond donors (Lipinski definition) is 2. The Morgan fingerprint density at radius 3 is 2.59 bits per heavy atom. The van der Waals surface area contributed by atoms with Crippen LogP contribution < -0.4 is 21.9 Å². The minimum atomic E-state index is -0.624. The number of anilines is 2. The highest BCUT2D eigenvalue weighted by atomic mass is 16.2. The fourth-order valence-electron chi connectivity index (χ4n) is 4.16. The van der Waals surface area contributed by atoms with E-state index in [1.165, 1.54) is 15.9 Å². The molecule has 1 atom stereocenters. The maximum atomic E-state index is 13.4. The number of amides is 1. The summed E-state index contributed by atoms with van der Waals surface area (Å²) >= 11 is 0. The maximum absolute atomic E-state index is 13.4. The van der Waals surface area contributed by atoms with Gasteiger partial charge in [0, 0.05) is 12.6 Å². The number of piperidine rings is 1. The summed E-state index contributed by atoms with van der Waals surface area (Å²) in [6, 6.07) is 9.74. The van der Waals surface area contributed by atoms with Crippen molar-refractivity contribution in [3.05, 3.63) is 56.7 Å². The van der Waals surface area contributed by atoms with E-state index in [0.717, 1.165) is 31.4 Å². The Kier molecular flexibility index (Phi) is 7.90. The lowest BCUT2D eigenvalue weighted by molar-refractivity contribution is -0.120. The van der Waals surface area contributed by atoms with Gasteiger partial charge in [-0.1, -0.05) is 50.6 Å². The van der Waals surface area contributed by atoms with E-state index in [4.69, 9.17) is 5.73 Å². The molecule has 1 amide bonds. The Bertz CT molecular complexity index is 1030. The van der Waals surface area contributed by atoms with E-state index in [2.05, 4.69) is 30.7 Å². The van der Waals surface area contributed by atoms with Crippen LogP contribution in [0.4, 0.5) is 11.5 Å². The molecule has 8 heteroatoms. The first-order valence-electron chi connectivity index (χ1n) is 11.5. The van der Waals surface area contributed by atoms with Crippen molar-refractivity contribution in [1.82, 2.24) is 14.5 Å². The molecule has 1 aliphatic rings. The molecule has 0 bridgehead atoms. The zero-order valence-electron chi connectivity index (χ0n) is 19.3. The number of likely N-dealkylation sites (tertiary alicyclic amines) is 1. The Hall–Kier alpha value is -2.87. The monoisotopic (exact) mass is 441 g/mol. The molecule has 0 radical (unpaired) electrons. The Balaban J connectivity index is 1.97. The standard InChI is InChI=1S/C24H35N5O3/c1-17(2)12-14-28(20(30)16-27-13-8-7-9-18(27)3)21-22(25)29(24(32)26-23(21)31)15-19-10-5-4-6-11-19/h4-6,10-11,17-18H,7-9,12-16,25H2,1-3H3,(H,26,31,32). The van der Waals surface area contributed by atoms with E-state index in [-0.39, 0.29) is 30.5 Å². The quantitative estimate of drug-likeness (QED) is 0.655. The number of carbonyl (C=O) groups excluding carboxylic acids is 1. The third-order valence-electron chi connectivity index (χ3n) is 6.18. The number of aromatic nitrogens is 2. The summed E-state index contributed by atoms with van der Waals surface area (Å²) in [5.41, 5.74) is 6.11. The van der Waals surface area contributed by atoms with Crippen LogP contribution in [0.5, 0.6) is 0 Å². The molecule has 1 aromatic carbocycles. The van der Waals surface area contributed by atoms with Gasteiger partial charge in [0.2, 0.25) is 5.91 Å². The summed E-state index contributed by atoms with van der Waals surface area (Å²) < 4.78 is 1.32. The van der Waals surface area contributed by atoms with Crippen molar-refractivity contribution < 1.29 is 4.79 Å². The molecule has 1 fully saturated rings. The molecule has 0 spiro atoms. The average molecular weight is 442 g/mol. The lowest BCUT2D eigenvalue weighted by atomic mass is 10.0. The van der Waals surface area contributed by atoms with Crippen LogP contribution in [-0.2, 0) is 11.3 Å². The highest BCUT2D eigenvalue weighted by Crippen LogP contribution is 2.21. The van der Waals surface area contributed by atoms with Crippen LogP contribution >= 0.6 is 0 Å². The first-order chi connectivity index (χ1) is 15.3. The van der Waals surface area contributed by atoms with Crippen molar-refractivity contribution in [3.63, 3.8) is 0 Å². The van der Waals surface area contributed by atoms with Crippen LogP contribution in [0.25, 0.3) is 0 Å². The molecule has 174 valence electrons. The number of carbonyl (C=O) groups is 1. The van der Waals surface area contributed by atoms with Gasteiger partial charge in [-0.15, -0.1) is 0 Å². The molecule has 3 rings (SSSR count). The number of rotatable bonds is 8. The van der Waals surface area contributed by atoms with Gasteiger partial charge in [0.15, 0.2) is 5.69 Å². The number of aromatic amines is 1. The minimum Gasteiger partial charge on any atom is -0.383 e. The molecule has 2 heterocycles. The summed E-state index contributed by atoms with van der Waals surface area (Å²) in [5, 5.41) is 0. The zero-order chi connectivity index (χ0) is 23.3. The SMILES string of the molecule is CC(C)CCN(C(=O)CN1CCCCC1C)c1c(N)n(Cc2ccccc2)c(=O)[nH]c1=O. The van der Waals surface area contributed by atoms with Crippen molar-refractivity contribution in [1.29, 1.82) is 0 Å². The molecule has 3 N–H and O–H groups in total. The second-order valence-corrected chi connectivity index (χ2v) is 9.11. The van der Waals surface area contributed by atoms with Gasteiger partial charge in [0.05, 0.1) is 13.1 Å². The Labute approximate surface area is 189 Å². The number of nitrogens with two attached hydrogens (primary N) is 1. The van der Waals surface area contributed by atoms with Gasteiger partial charge in [-0.3, -0.25) is 24.0 Å². The van der Waals surface area contributed by atoms with E-state index in [1.807, 2.05) is 30.3 Å². The molecule has 1 unspecified atom stereocenters. The average Bonchev–Trinajstić information content (AvgIpc) is 2.75. The highest BCUT2D eigenvalue weighted by Gasteiger charge is 2.28. The summed E-state index contributed by atoms with van der Waals surface area (Å²) in [4.78, 5) is 44.8. The van der Waals surface area contributed by atoms with Gasteiger partial charge in [0.1, 0.15) is 5.82 Å². The molecule has 8 nitrogen and oxygen atoms in total. The smallest absolute Gasteiger partial charge is 0.330 e. The van der Waals surface area contributed by atoms with Crippen LogP contribution in [0, 0.1) is 5.92 Å². The van der Waals surface area contributed by atoms with E-state index < -0.39 is 11.2 Å². The Morgan fingerprint density at radius 1 is 1.22 bits per heavy atom. The van der Waals surface area contributed by atoms with Crippen molar-refractivity contribution in [3.8, 4) is 0 Å². The largest absolute Gasteiger partial charge is 0.383 e. The van der Waals surface area contributed by atoms with E-state index >= 15 is 0 Å². The van der Waals surface area contributed by atoms with Crippen molar-refractivity contribution >= 4 is 17.4 Å². The third kappa shape index (κ3) is 5.68. The van der Waals surface area contributed by atoms with Gasteiger partial charge in [-0.2, -0.15) is 0 Å². The van der Waals surface area contributed by atoms with Crippen LogP contribution in [0.1, 0.15) is 52.0 Å². The lowest BCUT2D eigenvalue weighted by Gasteiger charge is -2.34.